The van der Waals surface area contributed by atoms with Gasteiger partial charge < -0.3 is 0 Å². The molecular weight excluding hydrogens is 150 g/mol. The molecule has 0 saturated heterocycles. The monoisotopic (exact) mass is 156 g/mol. The van der Waals surface area contributed by atoms with E-state index in [-0.39, 0.29) is 5.88 Å². The molecule has 4 nitrogen and oxygen atoms in total. The first kappa shape index (κ1) is 8.22. The first-order valence-electron chi connectivity index (χ1n) is 1.71. The molecular formula is C2H6NO3S2+. The largest absolute Gasteiger partial charge is 0.330 e. The molecule has 0 aromatic carbocycles. The van der Waals surface area contributed by atoms with E-state index in [0.29, 0.717) is 0 Å². The summed E-state index contributed by atoms with van der Waals surface area (Å²) >= 11 is 3.20. The van der Waals surface area contributed by atoms with Gasteiger partial charge in [0.25, 0.3) is 5.48 Å². The van der Waals surface area contributed by atoms with Gasteiger partial charge in [-0.15, -0.1) is 0 Å². The molecule has 0 aromatic heterocycles. The molecule has 6 heteroatoms. The van der Waals surface area contributed by atoms with E-state index >= 15 is 0 Å². The summed E-state index contributed by atoms with van der Waals surface area (Å²) in [6, 6.07) is 0. The molecule has 0 fully saturated rings. The summed E-state index contributed by atoms with van der Waals surface area (Å²) in [5, 5.41) is 0. The maximum Gasteiger partial charge on any atom is 0.330 e. The Morgan fingerprint density at radius 3 is 2.38 bits per heavy atom. The molecule has 0 bridgehead atoms. The lowest BCUT2D eigenvalue weighted by molar-refractivity contribution is 0.256. The summed E-state index contributed by atoms with van der Waals surface area (Å²) < 4.78 is 24.2. The molecule has 0 N–H and O–H groups in total. The Labute approximate surface area is 53.7 Å². The molecule has 0 aromatic rings. The lowest BCUT2D eigenvalue weighted by Crippen LogP contribution is -2.12. The molecule has 0 saturated carbocycles. The van der Waals surface area contributed by atoms with Crippen LogP contribution in [0.25, 0.3) is 0 Å². The van der Waals surface area contributed by atoms with Gasteiger partial charge in [0, 0.05) is 6.26 Å². The van der Waals surface area contributed by atoms with Gasteiger partial charge in [-0.1, -0.05) is 0 Å². The van der Waals surface area contributed by atoms with Crippen molar-refractivity contribution in [1.82, 2.24) is 5.48 Å². The van der Waals surface area contributed by atoms with Crippen molar-refractivity contribution >= 4 is 22.7 Å². The molecule has 0 amide bonds. The first-order chi connectivity index (χ1) is 3.56. The van der Waals surface area contributed by atoms with Crippen LogP contribution < -0.4 is 5.48 Å². The van der Waals surface area contributed by atoms with E-state index in [1.165, 1.54) is 0 Å². The predicted octanol–water partition coefficient (Wildman–Crippen LogP) is -0.631. The van der Waals surface area contributed by atoms with Crippen LogP contribution in [0.5, 0.6) is 0 Å². The van der Waals surface area contributed by atoms with Crippen LogP contribution in [-0.2, 0) is 14.1 Å². The lowest BCUT2D eigenvalue weighted by Gasteiger charge is -1.76. The topological polar surface area (TPSA) is 57.5 Å². The third-order valence-electron chi connectivity index (χ3n) is 0.345. The average Bonchev–Trinajstić information content (AvgIpc) is 1.59. The Morgan fingerprint density at radius 1 is 1.75 bits per heavy atom. The van der Waals surface area contributed by atoms with Gasteiger partial charge in [-0.25, -0.2) is 8.42 Å². The molecule has 2 radical (unpaired) electrons. The van der Waals surface area contributed by atoms with Crippen molar-refractivity contribution in [3.63, 3.8) is 0 Å². The Morgan fingerprint density at radius 2 is 2.25 bits per heavy atom. The highest BCUT2D eigenvalue weighted by Gasteiger charge is 2.13. The normalized spacial score (nSPS) is 11.8. The van der Waals surface area contributed by atoms with Crippen molar-refractivity contribution in [3.8, 4) is 0 Å². The van der Waals surface area contributed by atoms with Gasteiger partial charge in [0.05, 0.1) is 12.9 Å². The second-order valence-corrected chi connectivity index (χ2v) is 3.54. The molecule has 0 atom stereocenters. The van der Waals surface area contributed by atoms with Crippen LogP contribution in [0, 0.1) is 0 Å². The first-order valence-corrected chi connectivity index (χ1v) is 4.14. The number of thiol groups is 1. The summed E-state index contributed by atoms with van der Waals surface area (Å²) in [6.07, 6.45) is 1.06. The zero-order chi connectivity index (χ0) is 6.62. The molecule has 0 rings (SSSR count). The molecule has 0 heterocycles. The molecule has 48 valence electrons. The Bertz CT molecular complexity index is 139. The quantitative estimate of drug-likeness (QED) is 0.336. The fraction of sp³-hybridized carbons (Fsp3) is 1.00. The third kappa shape index (κ3) is 6.22. The molecule has 0 spiro atoms. The highest BCUT2D eigenvalue weighted by molar-refractivity contribution is 7.90. The van der Waals surface area contributed by atoms with Crippen molar-refractivity contribution in [2.24, 2.45) is 0 Å². The standard InChI is InChI=1S/C2H6NO3S2/c1-8(4,5)2-3-6-7/h7H,2H2,1H3/q+1. The molecule has 0 aliphatic carbocycles. The van der Waals surface area contributed by atoms with Gasteiger partial charge in [0.1, 0.15) is 0 Å². The van der Waals surface area contributed by atoms with E-state index < -0.39 is 9.84 Å². The van der Waals surface area contributed by atoms with Gasteiger partial charge in [0.15, 0.2) is 0 Å². The molecule has 0 aliphatic heterocycles. The SMILES string of the molecule is CS(=O)(=O)C[N+]OS. The van der Waals surface area contributed by atoms with E-state index in [1.54, 1.807) is 0 Å². The molecule has 0 unspecified atom stereocenters. The van der Waals surface area contributed by atoms with Gasteiger partial charge >= 0.3 is 5.88 Å². The number of hydrogen-bond donors (Lipinski definition) is 1. The highest BCUT2D eigenvalue weighted by atomic mass is 32.2. The fourth-order valence-electron chi connectivity index (χ4n) is 0.119. The maximum atomic E-state index is 10.2. The number of nitrogens with zero attached hydrogens (tertiary/aromatic N) is 1. The second kappa shape index (κ2) is 3.29. The summed E-state index contributed by atoms with van der Waals surface area (Å²) in [6.45, 7) is 0. The van der Waals surface area contributed by atoms with Crippen LogP contribution in [0.15, 0.2) is 0 Å². The van der Waals surface area contributed by atoms with Gasteiger partial charge in [-0.05, 0) is 4.28 Å². The van der Waals surface area contributed by atoms with Crippen LogP contribution in [0.1, 0.15) is 0 Å². The Kier molecular flexibility index (Phi) is 3.38. The van der Waals surface area contributed by atoms with Crippen molar-refractivity contribution in [2.75, 3.05) is 12.1 Å². The third-order valence-corrected chi connectivity index (χ3v) is 1.03. The Balaban J connectivity index is 3.42. The minimum absolute atomic E-state index is 0.337. The van der Waals surface area contributed by atoms with Gasteiger partial charge in [-0.3, -0.25) is 0 Å². The smallest absolute Gasteiger partial charge is 0.223 e. The lowest BCUT2D eigenvalue weighted by atomic mass is 11.5. The highest BCUT2D eigenvalue weighted by Crippen LogP contribution is 1.80. The van der Waals surface area contributed by atoms with Crippen molar-refractivity contribution in [2.45, 2.75) is 0 Å². The minimum Gasteiger partial charge on any atom is -0.223 e. The summed E-state index contributed by atoms with van der Waals surface area (Å²) in [7, 11) is -3.03. The van der Waals surface area contributed by atoms with E-state index in [0.717, 1.165) is 6.26 Å². The minimum atomic E-state index is -3.03. The predicted molar refractivity (Wildman–Crippen MR) is 31.9 cm³/mol. The summed E-state index contributed by atoms with van der Waals surface area (Å²) in [4.78, 5) is 0. The average molecular weight is 156 g/mol. The van der Waals surface area contributed by atoms with Crippen molar-refractivity contribution < 1.29 is 12.7 Å². The molecule has 0 aliphatic rings. The van der Waals surface area contributed by atoms with Crippen molar-refractivity contribution in [3.05, 3.63) is 0 Å². The Hall–Kier alpha value is 0.220. The van der Waals surface area contributed by atoms with Crippen LogP contribution in [0.2, 0.25) is 0 Å². The van der Waals surface area contributed by atoms with Crippen molar-refractivity contribution in [1.29, 1.82) is 0 Å². The van der Waals surface area contributed by atoms with Crippen LogP contribution >= 0.6 is 12.9 Å². The maximum absolute atomic E-state index is 10.2. The summed E-state index contributed by atoms with van der Waals surface area (Å²) in [5.74, 6) is -0.337. The van der Waals surface area contributed by atoms with E-state index in [9.17, 15) is 8.42 Å². The molecule has 8 heavy (non-hydrogen) atoms. The number of sulfone groups is 1. The number of hydrogen-bond acceptors (Lipinski definition) is 4. The fourth-order valence-corrected chi connectivity index (χ4v) is 0.499. The van der Waals surface area contributed by atoms with Gasteiger partial charge in [0.2, 0.25) is 9.84 Å². The van der Waals surface area contributed by atoms with E-state index in [2.05, 4.69) is 22.7 Å². The number of hydroxylamine groups is 1. The zero-order valence-corrected chi connectivity index (χ0v) is 5.95. The van der Waals surface area contributed by atoms with E-state index in [1.807, 2.05) is 0 Å². The summed E-state index contributed by atoms with van der Waals surface area (Å²) in [5.41, 5.74) is 3.02. The number of rotatable bonds is 3. The van der Waals surface area contributed by atoms with Gasteiger partial charge in [-0.2, -0.15) is 0 Å². The van der Waals surface area contributed by atoms with E-state index in [4.69, 9.17) is 0 Å². The van der Waals surface area contributed by atoms with Crippen LogP contribution in [-0.4, -0.2) is 20.6 Å². The second-order valence-electron chi connectivity index (χ2n) is 1.27. The van der Waals surface area contributed by atoms with Crippen LogP contribution in [0.3, 0.4) is 0 Å². The zero-order valence-electron chi connectivity index (χ0n) is 4.23. The van der Waals surface area contributed by atoms with Crippen LogP contribution in [0.4, 0.5) is 0 Å².